The van der Waals surface area contributed by atoms with Crippen LogP contribution in [0.3, 0.4) is 0 Å². The van der Waals surface area contributed by atoms with Crippen molar-refractivity contribution >= 4 is 13.7 Å². The maximum atomic E-state index is 10.5. The second kappa shape index (κ2) is 10.5. The van der Waals surface area contributed by atoms with E-state index in [4.69, 9.17) is 5.11 Å². The molecule has 1 amide bonds. The minimum Gasteiger partial charge on any atom is -0.395 e. The molecule has 0 fully saturated rings. The summed E-state index contributed by atoms with van der Waals surface area (Å²) in [6.07, 6.45) is 4.53. The lowest BCUT2D eigenvalue weighted by molar-refractivity contribution is 0.259. The number of hydrogen-bond acceptors (Lipinski definition) is 3. The predicted octanol–water partition coefficient (Wildman–Crippen LogP) is -0.529. The standard InChI is InChI=1S/C9H21BN2O2/c10-9(14)12-6-4-2-1-3-5-11-7-8-13/h11,13H,1-8,10H2,(H,12,14). The highest BCUT2D eigenvalue weighted by Crippen LogP contribution is 1.97. The average molecular weight is 200 g/mol. The Balaban J connectivity index is 2.88. The van der Waals surface area contributed by atoms with Crippen molar-refractivity contribution in [1.82, 2.24) is 10.6 Å². The van der Waals surface area contributed by atoms with Crippen molar-refractivity contribution in [3.63, 3.8) is 0 Å². The summed E-state index contributed by atoms with van der Waals surface area (Å²) in [6, 6.07) is 0. The fraction of sp³-hybridized carbons (Fsp3) is 0.889. The third kappa shape index (κ3) is 11.5. The smallest absolute Gasteiger partial charge is 0.215 e. The first-order valence-corrected chi connectivity index (χ1v) is 5.33. The number of amides is 1. The summed E-state index contributed by atoms with van der Waals surface area (Å²) in [7, 11) is 1.54. The van der Waals surface area contributed by atoms with Crippen molar-refractivity contribution in [2.45, 2.75) is 25.7 Å². The van der Waals surface area contributed by atoms with E-state index in [-0.39, 0.29) is 12.4 Å². The number of hydrogen-bond donors (Lipinski definition) is 3. The third-order valence-electron chi connectivity index (χ3n) is 1.94. The zero-order chi connectivity index (χ0) is 10.6. The molecule has 0 aromatic carbocycles. The Bertz CT molecular complexity index is 145. The normalized spacial score (nSPS) is 10.1. The van der Waals surface area contributed by atoms with Gasteiger partial charge in [-0.25, -0.2) is 0 Å². The Labute approximate surface area is 86.9 Å². The number of rotatable bonds is 9. The zero-order valence-corrected chi connectivity index (χ0v) is 9.01. The largest absolute Gasteiger partial charge is 0.395 e. The van der Waals surface area contributed by atoms with Crippen molar-refractivity contribution in [1.29, 1.82) is 0 Å². The van der Waals surface area contributed by atoms with Crippen molar-refractivity contribution in [2.75, 3.05) is 26.2 Å². The van der Waals surface area contributed by atoms with Crippen LogP contribution in [0, 0.1) is 0 Å². The molecule has 0 aromatic rings. The molecule has 0 spiro atoms. The summed E-state index contributed by atoms with van der Waals surface area (Å²) in [5.41, 5.74) is 0. The fourth-order valence-electron chi connectivity index (χ4n) is 1.20. The highest BCUT2D eigenvalue weighted by Gasteiger charge is 1.92. The lowest BCUT2D eigenvalue weighted by Gasteiger charge is -2.03. The van der Waals surface area contributed by atoms with E-state index in [1.807, 2.05) is 0 Å². The van der Waals surface area contributed by atoms with Crippen LogP contribution in [0.4, 0.5) is 4.79 Å². The molecule has 0 saturated heterocycles. The maximum Gasteiger partial charge on any atom is 0.215 e. The summed E-state index contributed by atoms with van der Waals surface area (Å²) >= 11 is 0. The van der Waals surface area contributed by atoms with E-state index in [0.717, 1.165) is 32.4 Å². The zero-order valence-electron chi connectivity index (χ0n) is 9.01. The van der Waals surface area contributed by atoms with E-state index in [1.54, 1.807) is 7.85 Å². The van der Waals surface area contributed by atoms with E-state index < -0.39 is 0 Å². The van der Waals surface area contributed by atoms with Crippen molar-refractivity contribution in [2.24, 2.45) is 0 Å². The van der Waals surface area contributed by atoms with Crippen molar-refractivity contribution in [3.05, 3.63) is 0 Å². The molecule has 0 aliphatic heterocycles. The van der Waals surface area contributed by atoms with E-state index in [9.17, 15) is 4.79 Å². The molecule has 0 radical (unpaired) electrons. The van der Waals surface area contributed by atoms with Gasteiger partial charge >= 0.3 is 0 Å². The molecule has 14 heavy (non-hydrogen) atoms. The Morgan fingerprint density at radius 2 is 1.71 bits per heavy atom. The predicted molar refractivity (Wildman–Crippen MR) is 60.4 cm³/mol. The molecular formula is C9H21BN2O2. The monoisotopic (exact) mass is 200 g/mol. The molecule has 0 atom stereocenters. The summed E-state index contributed by atoms with van der Waals surface area (Å²) in [6.45, 7) is 2.66. The molecule has 5 heteroatoms. The van der Waals surface area contributed by atoms with Crippen LogP contribution in [0.5, 0.6) is 0 Å². The molecular weight excluding hydrogens is 179 g/mol. The average Bonchev–Trinajstić information content (AvgIpc) is 2.15. The van der Waals surface area contributed by atoms with Crippen LogP contribution >= 0.6 is 0 Å². The Hall–Kier alpha value is -0.545. The SMILES string of the molecule is BC(=O)NCCCCCCNCCO. The number of carbonyl (C=O) groups is 1. The van der Waals surface area contributed by atoms with Gasteiger partial charge in [-0.2, -0.15) is 0 Å². The first-order chi connectivity index (χ1) is 6.77. The van der Waals surface area contributed by atoms with Gasteiger partial charge in [0.2, 0.25) is 7.85 Å². The molecule has 0 saturated carbocycles. The lowest BCUT2D eigenvalue weighted by Crippen LogP contribution is -2.22. The number of carbonyl (C=O) groups excluding carboxylic acids is 1. The molecule has 3 N–H and O–H groups in total. The fourth-order valence-corrected chi connectivity index (χ4v) is 1.20. The highest BCUT2D eigenvalue weighted by atomic mass is 16.3. The quantitative estimate of drug-likeness (QED) is 0.346. The highest BCUT2D eigenvalue weighted by molar-refractivity contribution is 6.57. The van der Waals surface area contributed by atoms with Gasteiger partial charge in [0.1, 0.15) is 0 Å². The number of aliphatic hydroxyl groups is 1. The minimum absolute atomic E-state index is 0.0506. The summed E-state index contributed by atoms with van der Waals surface area (Å²) < 4.78 is 0. The Kier molecular flexibility index (Phi) is 10.1. The molecule has 0 aromatic heterocycles. The maximum absolute atomic E-state index is 10.5. The van der Waals surface area contributed by atoms with E-state index in [2.05, 4.69) is 10.6 Å². The number of nitrogens with one attached hydrogen (secondary N) is 2. The van der Waals surface area contributed by atoms with Gasteiger partial charge in [0, 0.05) is 13.1 Å². The molecule has 0 bridgehead atoms. The van der Waals surface area contributed by atoms with E-state index in [1.165, 1.54) is 6.42 Å². The van der Waals surface area contributed by atoms with Gasteiger partial charge in [-0.05, 0) is 19.4 Å². The molecule has 4 nitrogen and oxygen atoms in total. The van der Waals surface area contributed by atoms with Gasteiger partial charge in [0.05, 0.1) is 6.61 Å². The number of aliphatic hydroxyl groups excluding tert-OH is 1. The van der Waals surface area contributed by atoms with Crippen molar-refractivity contribution in [3.8, 4) is 0 Å². The second-order valence-electron chi connectivity index (χ2n) is 3.37. The number of unbranched alkanes of at least 4 members (excludes halogenated alkanes) is 3. The van der Waals surface area contributed by atoms with Gasteiger partial charge in [0.15, 0.2) is 5.81 Å². The van der Waals surface area contributed by atoms with Crippen molar-refractivity contribution < 1.29 is 9.90 Å². The van der Waals surface area contributed by atoms with Crippen LogP contribution in [-0.2, 0) is 0 Å². The second-order valence-corrected chi connectivity index (χ2v) is 3.37. The Morgan fingerprint density at radius 1 is 1.07 bits per heavy atom. The van der Waals surface area contributed by atoms with Gasteiger partial charge < -0.3 is 15.7 Å². The van der Waals surface area contributed by atoms with Gasteiger partial charge in [-0.3, -0.25) is 4.79 Å². The molecule has 82 valence electrons. The summed E-state index contributed by atoms with van der Waals surface area (Å²) in [5.74, 6) is 0.0506. The third-order valence-corrected chi connectivity index (χ3v) is 1.94. The molecule has 0 aliphatic rings. The van der Waals surface area contributed by atoms with Crippen LogP contribution in [0.15, 0.2) is 0 Å². The van der Waals surface area contributed by atoms with Gasteiger partial charge in [0.25, 0.3) is 0 Å². The van der Waals surface area contributed by atoms with Crippen LogP contribution in [0.2, 0.25) is 0 Å². The van der Waals surface area contributed by atoms with Crippen LogP contribution in [0.1, 0.15) is 25.7 Å². The summed E-state index contributed by atoms with van der Waals surface area (Å²) in [4.78, 5) is 10.5. The first kappa shape index (κ1) is 13.5. The topological polar surface area (TPSA) is 61.4 Å². The molecule has 0 rings (SSSR count). The van der Waals surface area contributed by atoms with Crippen LogP contribution in [0.25, 0.3) is 0 Å². The minimum atomic E-state index is 0.0506. The van der Waals surface area contributed by atoms with E-state index in [0.29, 0.717) is 6.54 Å². The van der Waals surface area contributed by atoms with Crippen LogP contribution < -0.4 is 10.6 Å². The van der Waals surface area contributed by atoms with E-state index >= 15 is 0 Å². The lowest BCUT2D eigenvalue weighted by atomic mass is 10.1. The Morgan fingerprint density at radius 3 is 2.29 bits per heavy atom. The first-order valence-electron chi connectivity index (χ1n) is 5.33. The molecule has 0 heterocycles. The van der Waals surface area contributed by atoms with Crippen LogP contribution in [-0.4, -0.2) is 45.0 Å². The molecule has 0 aliphatic carbocycles. The molecule has 0 unspecified atom stereocenters. The van der Waals surface area contributed by atoms with Gasteiger partial charge in [-0.1, -0.05) is 12.8 Å². The van der Waals surface area contributed by atoms with Gasteiger partial charge in [-0.15, -0.1) is 0 Å². The summed E-state index contributed by atoms with van der Waals surface area (Å²) in [5, 5.41) is 14.4.